The van der Waals surface area contributed by atoms with Crippen LogP contribution >= 0.6 is 0 Å². The molecule has 19 heavy (non-hydrogen) atoms. The van der Waals surface area contributed by atoms with Gasteiger partial charge in [-0.3, -0.25) is 4.90 Å². The van der Waals surface area contributed by atoms with Gasteiger partial charge in [0.05, 0.1) is 19.8 Å². The lowest BCUT2D eigenvalue weighted by Crippen LogP contribution is -2.56. The number of morpholine rings is 1. The molecule has 114 valence electrons. The van der Waals surface area contributed by atoms with Crippen molar-refractivity contribution < 1.29 is 9.47 Å². The molecular formula is C14H31N3O2. The van der Waals surface area contributed by atoms with Crippen LogP contribution in [-0.2, 0) is 9.47 Å². The summed E-state index contributed by atoms with van der Waals surface area (Å²) in [5.41, 5.74) is 5.73. The third-order valence-corrected chi connectivity index (χ3v) is 3.82. The summed E-state index contributed by atoms with van der Waals surface area (Å²) >= 11 is 0. The van der Waals surface area contributed by atoms with Crippen LogP contribution in [0.3, 0.4) is 0 Å². The molecule has 0 radical (unpaired) electrons. The van der Waals surface area contributed by atoms with E-state index in [1.807, 2.05) is 0 Å². The molecular weight excluding hydrogens is 242 g/mol. The number of nitrogens with zero attached hydrogens (tertiary/aromatic N) is 1. The second kappa shape index (κ2) is 8.87. The fourth-order valence-corrected chi connectivity index (χ4v) is 2.48. The molecule has 0 amide bonds. The van der Waals surface area contributed by atoms with E-state index >= 15 is 0 Å². The number of rotatable bonds is 9. The Hall–Kier alpha value is -0.200. The molecule has 5 nitrogen and oxygen atoms in total. The molecule has 0 saturated carbocycles. The van der Waals surface area contributed by atoms with E-state index in [4.69, 9.17) is 15.2 Å². The lowest BCUT2D eigenvalue weighted by molar-refractivity contribution is -0.0112. The zero-order chi connectivity index (χ0) is 14.1. The Morgan fingerprint density at radius 3 is 2.63 bits per heavy atom. The van der Waals surface area contributed by atoms with E-state index in [0.29, 0.717) is 6.04 Å². The number of nitrogens with one attached hydrogen (secondary N) is 1. The second-order valence-electron chi connectivity index (χ2n) is 5.88. The van der Waals surface area contributed by atoms with Crippen LogP contribution in [0, 0.1) is 0 Å². The molecule has 1 rings (SSSR count). The highest BCUT2D eigenvalue weighted by molar-refractivity contribution is 4.86. The molecule has 1 fully saturated rings. The minimum atomic E-state index is 0.151. The molecule has 0 aromatic heterocycles. The molecule has 0 aliphatic carbocycles. The number of hydrogen-bond donors (Lipinski definition) is 2. The molecule has 1 atom stereocenters. The Labute approximate surface area is 117 Å². The second-order valence-corrected chi connectivity index (χ2v) is 5.88. The Morgan fingerprint density at radius 1 is 1.37 bits per heavy atom. The third-order valence-electron chi connectivity index (χ3n) is 3.82. The summed E-state index contributed by atoms with van der Waals surface area (Å²) in [5, 5.41) is 3.63. The highest BCUT2D eigenvalue weighted by Crippen LogP contribution is 2.15. The van der Waals surface area contributed by atoms with Crippen molar-refractivity contribution in [2.45, 2.75) is 38.3 Å². The summed E-state index contributed by atoms with van der Waals surface area (Å²) in [4.78, 5) is 2.50. The maximum absolute atomic E-state index is 5.58. The first-order chi connectivity index (χ1) is 9.10. The summed E-state index contributed by atoms with van der Waals surface area (Å²) in [6.45, 7) is 10.8. The van der Waals surface area contributed by atoms with E-state index in [0.717, 1.165) is 58.8 Å². The minimum absolute atomic E-state index is 0.151. The minimum Gasteiger partial charge on any atom is -0.383 e. The van der Waals surface area contributed by atoms with E-state index in [-0.39, 0.29) is 5.54 Å². The predicted octanol–water partition coefficient (Wildman–Crippen LogP) is 0.441. The lowest BCUT2D eigenvalue weighted by Gasteiger charge is -2.41. The molecule has 3 N–H and O–H groups in total. The van der Waals surface area contributed by atoms with Gasteiger partial charge in [0.2, 0.25) is 0 Å². The van der Waals surface area contributed by atoms with Crippen LogP contribution < -0.4 is 11.1 Å². The van der Waals surface area contributed by atoms with Crippen molar-refractivity contribution in [2.24, 2.45) is 5.73 Å². The zero-order valence-corrected chi connectivity index (χ0v) is 12.8. The van der Waals surface area contributed by atoms with E-state index in [1.54, 1.807) is 7.11 Å². The largest absolute Gasteiger partial charge is 0.383 e. The van der Waals surface area contributed by atoms with Gasteiger partial charge in [0.15, 0.2) is 0 Å². The molecule has 1 unspecified atom stereocenters. The highest BCUT2D eigenvalue weighted by atomic mass is 16.5. The normalized spacial score (nSPS) is 19.6. The van der Waals surface area contributed by atoms with Crippen LogP contribution in [0.1, 0.15) is 26.7 Å². The monoisotopic (exact) mass is 273 g/mol. The van der Waals surface area contributed by atoms with Crippen molar-refractivity contribution in [2.75, 3.05) is 53.1 Å². The van der Waals surface area contributed by atoms with Gasteiger partial charge in [-0.15, -0.1) is 0 Å². The van der Waals surface area contributed by atoms with E-state index in [9.17, 15) is 0 Å². The van der Waals surface area contributed by atoms with E-state index in [2.05, 4.69) is 24.1 Å². The van der Waals surface area contributed by atoms with Crippen LogP contribution in [0.2, 0.25) is 0 Å². The van der Waals surface area contributed by atoms with Gasteiger partial charge in [-0.1, -0.05) is 0 Å². The fourth-order valence-electron chi connectivity index (χ4n) is 2.48. The van der Waals surface area contributed by atoms with Crippen molar-refractivity contribution in [1.29, 1.82) is 0 Å². The first-order valence-corrected chi connectivity index (χ1v) is 7.35. The molecule has 1 aliphatic rings. The first kappa shape index (κ1) is 16.9. The Morgan fingerprint density at radius 2 is 2.05 bits per heavy atom. The van der Waals surface area contributed by atoms with E-state index < -0.39 is 0 Å². The van der Waals surface area contributed by atoms with Gasteiger partial charge in [0, 0.05) is 38.3 Å². The average Bonchev–Trinajstić information content (AvgIpc) is 2.43. The molecule has 0 aromatic carbocycles. The van der Waals surface area contributed by atoms with Crippen LogP contribution in [0.25, 0.3) is 0 Å². The summed E-state index contributed by atoms with van der Waals surface area (Å²) in [6, 6.07) is 0.397. The molecule has 5 heteroatoms. The first-order valence-electron chi connectivity index (χ1n) is 7.35. The zero-order valence-electron chi connectivity index (χ0n) is 12.8. The van der Waals surface area contributed by atoms with Crippen molar-refractivity contribution >= 4 is 0 Å². The summed E-state index contributed by atoms with van der Waals surface area (Å²) in [7, 11) is 1.75. The average molecular weight is 273 g/mol. The molecule has 1 aliphatic heterocycles. The van der Waals surface area contributed by atoms with Crippen molar-refractivity contribution in [1.82, 2.24) is 10.2 Å². The summed E-state index contributed by atoms with van der Waals surface area (Å²) < 4.78 is 10.7. The molecule has 1 heterocycles. The summed E-state index contributed by atoms with van der Waals surface area (Å²) in [5.74, 6) is 0. The van der Waals surface area contributed by atoms with Crippen LogP contribution in [0.15, 0.2) is 0 Å². The maximum Gasteiger partial charge on any atom is 0.0615 e. The predicted molar refractivity (Wildman–Crippen MR) is 78.4 cm³/mol. The topological polar surface area (TPSA) is 59.8 Å². The van der Waals surface area contributed by atoms with Crippen molar-refractivity contribution in [3.05, 3.63) is 0 Å². The molecule has 1 saturated heterocycles. The van der Waals surface area contributed by atoms with Crippen LogP contribution in [0.5, 0.6) is 0 Å². The Balaban J connectivity index is 2.37. The highest BCUT2D eigenvalue weighted by Gasteiger charge is 2.28. The fraction of sp³-hybridized carbons (Fsp3) is 1.00. The summed E-state index contributed by atoms with van der Waals surface area (Å²) in [6.07, 6.45) is 2.11. The Bertz CT molecular complexity index is 231. The van der Waals surface area contributed by atoms with Gasteiger partial charge in [0.1, 0.15) is 0 Å². The number of hydrogen-bond acceptors (Lipinski definition) is 5. The van der Waals surface area contributed by atoms with Gasteiger partial charge in [0.25, 0.3) is 0 Å². The number of methoxy groups -OCH3 is 1. The van der Waals surface area contributed by atoms with Gasteiger partial charge in [-0.25, -0.2) is 0 Å². The molecule has 0 bridgehead atoms. The van der Waals surface area contributed by atoms with Gasteiger partial charge >= 0.3 is 0 Å². The third kappa shape index (κ3) is 6.19. The van der Waals surface area contributed by atoms with E-state index in [1.165, 1.54) is 0 Å². The lowest BCUT2D eigenvalue weighted by atomic mass is 10.0. The quantitative estimate of drug-likeness (QED) is 0.638. The van der Waals surface area contributed by atoms with Gasteiger partial charge in [-0.2, -0.15) is 0 Å². The van der Waals surface area contributed by atoms with Crippen molar-refractivity contribution in [3.63, 3.8) is 0 Å². The standard InChI is InChI=1S/C14H31N3O2/c1-14(2,17-7-9-19-10-8-17)12-16-13(11-18-3)5-4-6-15/h13,16H,4-12,15H2,1-3H3. The van der Waals surface area contributed by atoms with Gasteiger partial charge in [-0.05, 0) is 33.2 Å². The maximum atomic E-state index is 5.58. The number of nitrogens with two attached hydrogens (primary N) is 1. The smallest absolute Gasteiger partial charge is 0.0615 e. The SMILES string of the molecule is COCC(CCCN)NCC(C)(C)N1CCOCC1. The van der Waals surface area contributed by atoms with Gasteiger partial charge < -0.3 is 20.5 Å². The Kier molecular flexibility index (Phi) is 7.87. The molecule has 0 aromatic rings. The van der Waals surface area contributed by atoms with Crippen LogP contribution in [0.4, 0.5) is 0 Å². The molecule has 0 spiro atoms. The van der Waals surface area contributed by atoms with Crippen LogP contribution in [-0.4, -0.2) is 69.6 Å². The number of ether oxygens (including phenoxy) is 2. The van der Waals surface area contributed by atoms with Crippen molar-refractivity contribution in [3.8, 4) is 0 Å².